The number of hydrogen-bond donors (Lipinski definition) is 0. The third kappa shape index (κ3) is 1.84. The molecule has 2 heterocycles. The Labute approximate surface area is 126 Å². The van der Waals surface area contributed by atoms with E-state index < -0.39 is 0 Å². The average Bonchev–Trinajstić information content (AvgIpc) is 2.95. The summed E-state index contributed by atoms with van der Waals surface area (Å²) < 4.78 is 7.33. The Morgan fingerprint density at radius 1 is 1.05 bits per heavy atom. The summed E-state index contributed by atoms with van der Waals surface area (Å²) in [5.41, 5.74) is 2.52. The number of benzene rings is 2. The quantitative estimate of drug-likeness (QED) is 0.565. The Hall–Kier alpha value is -2.88. The second kappa shape index (κ2) is 4.84. The Bertz CT molecular complexity index is 1020. The number of nitrogens with zero attached hydrogens (tertiary/aromatic N) is 2. The van der Waals surface area contributed by atoms with Crippen LogP contribution in [-0.4, -0.2) is 9.55 Å². The Balaban J connectivity index is 1.95. The van der Waals surface area contributed by atoms with E-state index in [1.165, 1.54) is 0 Å². The first kappa shape index (κ1) is 12.8. The maximum atomic E-state index is 12.7. The van der Waals surface area contributed by atoms with E-state index in [1.54, 1.807) is 10.9 Å². The van der Waals surface area contributed by atoms with Crippen molar-refractivity contribution in [2.75, 3.05) is 0 Å². The van der Waals surface area contributed by atoms with Gasteiger partial charge in [-0.2, -0.15) is 0 Å². The van der Waals surface area contributed by atoms with E-state index in [-0.39, 0.29) is 11.6 Å². The molecule has 0 bridgehead atoms. The van der Waals surface area contributed by atoms with Crippen LogP contribution in [-0.2, 0) is 0 Å². The standard InChI is InChI=1S/C18H14N2O2/c1-12(13-7-3-2-4-8-13)20-11-19-16-14-9-5-6-10-15(14)22-17(16)18(20)21/h2-12H,1H3/t12-/m1/s1. The fourth-order valence-corrected chi connectivity index (χ4v) is 2.76. The molecule has 2 aromatic heterocycles. The van der Waals surface area contributed by atoms with E-state index in [0.29, 0.717) is 16.7 Å². The van der Waals surface area contributed by atoms with Gasteiger partial charge in [-0.15, -0.1) is 0 Å². The largest absolute Gasteiger partial charge is 0.448 e. The molecule has 1 atom stereocenters. The summed E-state index contributed by atoms with van der Waals surface area (Å²) in [6.45, 7) is 1.98. The first-order valence-electron chi connectivity index (χ1n) is 7.19. The van der Waals surface area contributed by atoms with E-state index >= 15 is 0 Å². The number of aromatic nitrogens is 2. The van der Waals surface area contributed by atoms with Gasteiger partial charge in [-0.25, -0.2) is 4.98 Å². The first-order chi connectivity index (χ1) is 10.8. The molecule has 4 nitrogen and oxygen atoms in total. The molecule has 4 aromatic rings. The van der Waals surface area contributed by atoms with Gasteiger partial charge in [-0.05, 0) is 24.6 Å². The van der Waals surface area contributed by atoms with Crippen molar-refractivity contribution in [2.45, 2.75) is 13.0 Å². The van der Waals surface area contributed by atoms with E-state index in [9.17, 15) is 4.79 Å². The minimum Gasteiger partial charge on any atom is -0.448 e. The monoisotopic (exact) mass is 290 g/mol. The average molecular weight is 290 g/mol. The van der Waals surface area contributed by atoms with Crippen molar-refractivity contribution in [2.24, 2.45) is 0 Å². The Morgan fingerprint density at radius 2 is 1.77 bits per heavy atom. The van der Waals surface area contributed by atoms with Crippen molar-refractivity contribution in [3.63, 3.8) is 0 Å². The fraction of sp³-hybridized carbons (Fsp3) is 0.111. The van der Waals surface area contributed by atoms with Crippen LogP contribution in [0.5, 0.6) is 0 Å². The van der Waals surface area contributed by atoms with Crippen LogP contribution in [0.4, 0.5) is 0 Å². The number of furan rings is 1. The second-order valence-electron chi connectivity index (χ2n) is 5.32. The molecule has 0 saturated heterocycles. The normalized spacial score (nSPS) is 12.8. The molecule has 0 saturated carbocycles. The van der Waals surface area contributed by atoms with Gasteiger partial charge in [0.05, 0.1) is 12.4 Å². The van der Waals surface area contributed by atoms with Crippen LogP contribution >= 0.6 is 0 Å². The molecule has 0 fully saturated rings. The molecular weight excluding hydrogens is 276 g/mol. The Kier molecular flexibility index (Phi) is 2.82. The number of para-hydroxylation sites is 1. The lowest BCUT2D eigenvalue weighted by atomic mass is 10.1. The molecule has 0 radical (unpaired) electrons. The molecule has 22 heavy (non-hydrogen) atoms. The van der Waals surface area contributed by atoms with Crippen LogP contribution in [0.3, 0.4) is 0 Å². The molecule has 0 N–H and O–H groups in total. The lowest BCUT2D eigenvalue weighted by Gasteiger charge is -2.14. The van der Waals surface area contributed by atoms with E-state index in [0.717, 1.165) is 10.9 Å². The molecule has 108 valence electrons. The summed E-state index contributed by atoms with van der Waals surface area (Å²) in [6.07, 6.45) is 1.60. The zero-order chi connectivity index (χ0) is 15.1. The summed E-state index contributed by atoms with van der Waals surface area (Å²) >= 11 is 0. The topological polar surface area (TPSA) is 48.0 Å². The summed E-state index contributed by atoms with van der Waals surface area (Å²) in [7, 11) is 0. The van der Waals surface area contributed by atoms with Gasteiger partial charge >= 0.3 is 0 Å². The molecular formula is C18H14N2O2. The van der Waals surface area contributed by atoms with Crippen molar-refractivity contribution in [3.8, 4) is 0 Å². The zero-order valence-electron chi connectivity index (χ0n) is 12.1. The second-order valence-corrected chi connectivity index (χ2v) is 5.32. The lowest BCUT2D eigenvalue weighted by Crippen LogP contribution is -2.23. The molecule has 0 aliphatic heterocycles. The van der Waals surface area contributed by atoms with Crippen LogP contribution in [0.2, 0.25) is 0 Å². The highest BCUT2D eigenvalue weighted by Crippen LogP contribution is 2.25. The van der Waals surface area contributed by atoms with Gasteiger partial charge in [0.2, 0.25) is 5.58 Å². The van der Waals surface area contributed by atoms with Gasteiger partial charge in [0, 0.05) is 5.39 Å². The van der Waals surface area contributed by atoms with Crippen LogP contribution in [0.1, 0.15) is 18.5 Å². The summed E-state index contributed by atoms with van der Waals surface area (Å²) in [5.74, 6) is 0. The van der Waals surface area contributed by atoms with E-state index in [2.05, 4.69) is 4.98 Å². The number of hydrogen-bond acceptors (Lipinski definition) is 3. The Morgan fingerprint density at radius 3 is 2.59 bits per heavy atom. The maximum Gasteiger partial charge on any atom is 0.297 e. The molecule has 0 unspecified atom stereocenters. The highest BCUT2D eigenvalue weighted by Gasteiger charge is 2.16. The van der Waals surface area contributed by atoms with Gasteiger partial charge in [0.15, 0.2) is 0 Å². The third-order valence-corrected chi connectivity index (χ3v) is 4.01. The number of rotatable bonds is 2. The molecule has 0 amide bonds. The smallest absolute Gasteiger partial charge is 0.297 e. The van der Waals surface area contributed by atoms with Crippen molar-refractivity contribution in [1.29, 1.82) is 0 Å². The van der Waals surface area contributed by atoms with Gasteiger partial charge in [0.1, 0.15) is 11.1 Å². The van der Waals surface area contributed by atoms with E-state index in [4.69, 9.17) is 4.42 Å². The van der Waals surface area contributed by atoms with Crippen molar-refractivity contribution in [1.82, 2.24) is 9.55 Å². The molecule has 4 heteroatoms. The van der Waals surface area contributed by atoms with Crippen LogP contribution in [0.25, 0.3) is 22.1 Å². The third-order valence-electron chi connectivity index (χ3n) is 4.01. The zero-order valence-corrected chi connectivity index (χ0v) is 12.1. The summed E-state index contributed by atoms with van der Waals surface area (Å²) in [4.78, 5) is 17.2. The van der Waals surface area contributed by atoms with Crippen molar-refractivity contribution < 1.29 is 4.42 Å². The van der Waals surface area contributed by atoms with Gasteiger partial charge in [-0.3, -0.25) is 9.36 Å². The lowest BCUT2D eigenvalue weighted by molar-refractivity contribution is 0.587. The highest BCUT2D eigenvalue weighted by atomic mass is 16.3. The van der Waals surface area contributed by atoms with Crippen LogP contribution in [0.15, 0.2) is 70.1 Å². The fourth-order valence-electron chi connectivity index (χ4n) is 2.76. The van der Waals surface area contributed by atoms with Gasteiger partial charge < -0.3 is 4.42 Å². The van der Waals surface area contributed by atoms with Crippen molar-refractivity contribution >= 4 is 22.1 Å². The maximum absolute atomic E-state index is 12.7. The minimum atomic E-state index is -0.155. The predicted molar refractivity (Wildman–Crippen MR) is 86.0 cm³/mol. The summed E-state index contributed by atoms with van der Waals surface area (Å²) in [5, 5.41) is 0.870. The molecule has 2 aromatic carbocycles. The van der Waals surface area contributed by atoms with Gasteiger partial charge in [-0.1, -0.05) is 42.5 Å². The molecule has 4 rings (SSSR count). The number of fused-ring (bicyclic) bond motifs is 3. The van der Waals surface area contributed by atoms with Crippen molar-refractivity contribution in [3.05, 3.63) is 76.8 Å². The molecule has 0 spiro atoms. The van der Waals surface area contributed by atoms with Gasteiger partial charge in [0.25, 0.3) is 5.56 Å². The van der Waals surface area contributed by atoms with Crippen LogP contribution < -0.4 is 5.56 Å². The van der Waals surface area contributed by atoms with E-state index in [1.807, 2.05) is 61.5 Å². The minimum absolute atomic E-state index is 0.0983. The predicted octanol–water partition coefficient (Wildman–Crippen LogP) is 3.75. The van der Waals surface area contributed by atoms with Crippen LogP contribution in [0, 0.1) is 0 Å². The highest BCUT2D eigenvalue weighted by molar-refractivity contribution is 6.01. The molecule has 0 aliphatic rings. The first-order valence-corrected chi connectivity index (χ1v) is 7.19. The molecule has 0 aliphatic carbocycles. The summed E-state index contributed by atoms with van der Waals surface area (Å²) in [6, 6.07) is 17.3. The SMILES string of the molecule is C[C@H](c1ccccc1)n1cnc2c(oc3ccccc32)c1=O.